The molecule has 1 aromatic rings. The first-order valence-corrected chi connectivity index (χ1v) is 4.08. The molecule has 68 valence electrons. The number of carbonyl (C=O) groups excluding carboxylic acids is 1. The van der Waals surface area contributed by atoms with Crippen LogP contribution in [0.2, 0.25) is 5.02 Å². The van der Waals surface area contributed by atoms with Crippen LogP contribution in [0.3, 0.4) is 0 Å². The third-order valence-electron chi connectivity index (χ3n) is 1.74. The quantitative estimate of drug-likeness (QED) is 0.391. The fourth-order valence-electron chi connectivity index (χ4n) is 0.984. The van der Waals surface area contributed by atoms with Crippen LogP contribution < -0.4 is 11.2 Å². The summed E-state index contributed by atoms with van der Waals surface area (Å²) in [5.74, 6) is -0.447. The molecule has 0 saturated carbocycles. The first-order chi connectivity index (χ1) is 6.06. The van der Waals surface area contributed by atoms with E-state index in [9.17, 15) is 4.79 Å². The SMILES string of the molecule is Bc1cc(C(=O)OC)c(N)cc1Cl. The Morgan fingerprint density at radius 3 is 2.77 bits per heavy atom. The molecule has 0 amide bonds. The molecule has 0 bridgehead atoms. The highest BCUT2D eigenvalue weighted by Gasteiger charge is 2.11. The molecule has 0 aliphatic heterocycles. The minimum absolute atomic E-state index is 0.336. The first kappa shape index (κ1) is 9.93. The number of benzene rings is 1. The van der Waals surface area contributed by atoms with E-state index in [4.69, 9.17) is 17.3 Å². The van der Waals surface area contributed by atoms with Gasteiger partial charge in [-0.25, -0.2) is 4.79 Å². The molecule has 0 aromatic heterocycles. The van der Waals surface area contributed by atoms with E-state index in [1.165, 1.54) is 7.11 Å². The van der Waals surface area contributed by atoms with E-state index in [-0.39, 0.29) is 0 Å². The molecule has 0 radical (unpaired) electrons. The van der Waals surface area contributed by atoms with Gasteiger partial charge >= 0.3 is 5.97 Å². The van der Waals surface area contributed by atoms with Crippen LogP contribution in [0.5, 0.6) is 0 Å². The van der Waals surface area contributed by atoms with Crippen molar-refractivity contribution in [1.82, 2.24) is 0 Å². The lowest BCUT2D eigenvalue weighted by Crippen LogP contribution is -2.13. The molecule has 0 atom stereocenters. The first-order valence-electron chi connectivity index (χ1n) is 3.70. The van der Waals surface area contributed by atoms with Crippen molar-refractivity contribution < 1.29 is 9.53 Å². The van der Waals surface area contributed by atoms with E-state index >= 15 is 0 Å². The molecular formula is C8H9BClNO2. The zero-order valence-corrected chi connectivity index (χ0v) is 8.18. The molecule has 1 aromatic carbocycles. The molecule has 0 saturated heterocycles. The van der Waals surface area contributed by atoms with Gasteiger partial charge in [-0.05, 0) is 6.07 Å². The Morgan fingerprint density at radius 2 is 2.23 bits per heavy atom. The van der Waals surface area contributed by atoms with Crippen LogP contribution in [0, 0.1) is 0 Å². The summed E-state index contributed by atoms with van der Waals surface area (Å²) in [4.78, 5) is 11.2. The van der Waals surface area contributed by atoms with Crippen molar-refractivity contribution in [1.29, 1.82) is 0 Å². The van der Waals surface area contributed by atoms with Gasteiger partial charge < -0.3 is 10.5 Å². The van der Waals surface area contributed by atoms with Crippen LogP contribution in [0.15, 0.2) is 12.1 Å². The fraction of sp³-hybridized carbons (Fsp3) is 0.125. The van der Waals surface area contributed by atoms with E-state index in [2.05, 4.69) is 4.74 Å². The topological polar surface area (TPSA) is 52.3 Å². The Kier molecular flexibility index (Phi) is 2.83. The Balaban J connectivity index is 3.23. The number of ether oxygens (including phenoxy) is 1. The molecule has 0 aliphatic rings. The third-order valence-corrected chi connectivity index (χ3v) is 2.14. The van der Waals surface area contributed by atoms with Gasteiger partial charge in [-0.3, -0.25) is 0 Å². The maximum absolute atomic E-state index is 11.2. The number of rotatable bonds is 1. The van der Waals surface area contributed by atoms with Crippen LogP contribution in [0.1, 0.15) is 10.4 Å². The minimum atomic E-state index is -0.447. The molecule has 13 heavy (non-hydrogen) atoms. The maximum atomic E-state index is 11.2. The Hall–Kier alpha value is -1.16. The fourth-order valence-corrected chi connectivity index (χ4v) is 1.16. The molecule has 1 rings (SSSR count). The zero-order chi connectivity index (χ0) is 10.0. The van der Waals surface area contributed by atoms with Gasteiger partial charge in [0.05, 0.1) is 12.7 Å². The van der Waals surface area contributed by atoms with Gasteiger partial charge in [0.15, 0.2) is 0 Å². The number of anilines is 1. The average molecular weight is 197 g/mol. The van der Waals surface area contributed by atoms with Crippen LogP contribution in [0.4, 0.5) is 5.69 Å². The Labute approximate surface area is 82.2 Å². The van der Waals surface area contributed by atoms with Crippen LogP contribution in [0.25, 0.3) is 0 Å². The number of esters is 1. The van der Waals surface area contributed by atoms with Crippen molar-refractivity contribution in [3.05, 3.63) is 22.7 Å². The van der Waals surface area contributed by atoms with Gasteiger partial charge in [0, 0.05) is 10.7 Å². The zero-order valence-electron chi connectivity index (χ0n) is 7.43. The van der Waals surface area contributed by atoms with Crippen LogP contribution in [-0.2, 0) is 4.74 Å². The second kappa shape index (κ2) is 3.70. The second-order valence-electron chi connectivity index (χ2n) is 2.68. The van der Waals surface area contributed by atoms with Crippen molar-refractivity contribution in [2.24, 2.45) is 0 Å². The molecule has 0 fully saturated rings. The number of carbonyl (C=O) groups is 1. The van der Waals surface area contributed by atoms with Crippen molar-refractivity contribution >= 4 is 36.6 Å². The lowest BCUT2D eigenvalue weighted by atomic mass is 9.93. The minimum Gasteiger partial charge on any atom is -0.465 e. The Morgan fingerprint density at radius 1 is 1.62 bits per heavy atom. The number of halogens is 1. The predicted octanol–water partition coefficient (Wildman–Crippen LogP) is -0.0328. The van der Waals surface area contributed by atoms with E-state index in [1.807, 2.05) is 0 Å². The molecular weight excluding hydrogens is 188 g/mol. The van der Waals surface area contributed by atoms with E-state index < -0.39 is 5.97 Å². The lowest BCUT2D eigenvalue weighted by molar-refractivity contribution is 0.0602. The van der Waals surface area contributed by atoms with E-state index in [1.54, 1.807) is 20.0 Å². The molecule has 0 unspecified atom stereocenters. The smallest absolute Gasteiger partial charge is 0.339 e. The summed E-state index contributed by atoms with van der Waals surface area (Å²) in [7, 11) is 3.11. The van der Waals surface area contributed by atoms with Crippen molar-refractivity contribution in [2.75, 3.05) is 12.8 Å². The standard InChI is InChI=1S/C8H9BClNO2/c1-13-8(12)4-2-5(9)6(10)3-7(4)11/h2-3H,9,11H2,1H3. The Bertz CT molecular complexity index is 354. The number of hydrogen-bond acceptors (Lipinski definition) is 3. The van der Waals surface area contributed by atoms with Gasteiger partial charge in [0.25, 0.3) is 0 Å². The number of methoxy groups -OCH3 is 1. The molecule has 5 heteroatoms. The summed E-state index contributed by atoms with van der Waals surface area (Å²) in [6.45, 7) is 0. The third kappa shape index (κ3) is 1.95. The van der Waals surface area contributed by atoms with Crippen molar-refractivity contribution in [3.63, 3.8) is 0 Å². The summed E-state index contributed by atoms with van der Waals surface area (Å²) in [6, 6.07) is 3.16. The molecule has 2 N–H and O–H groups in total. The summed E-state index contributed by atoms with van der Waals surface area (Å²) in [5.41, 5.74) is 7.07. The molecule has 0 heterocycles. The summed E-state index contributed by atoms with van der Waals surface area (Å²) >= 11 is 5.80. The normalized spacial score (nSPS) is 9.69. The van der Waals surface area contributed by atoms with Gasteiger partial charge in [-0.15, -0.1) is 0 Å². The summed E-state index contributed by atoms with van der Waals surface area (Å²) < 4.78 is 4.55. The monoisotopic (exact) mass is 197 g/mol. The summed E-state index contributed by atoms with van der Waals surface area (Å²) in [6.07, 6.45) is 0. The van der Waals surface area contributed by atoms with Gasteiger partial charge in [-0.1, -0.05) is 23.1 Å². The molecule has 3 nitrogen and oxygen atoms in total. The summed E-state index contributed by atoms with van der Waals surface area (Å²) in [5, 5.41) is 0.546. The van der Waals surface area contributed by atoms with Crippen molar-refractivity contribution in [3.8, 4) is 0 Å². The van der Waals surface area contributed by atoms with Gasteiger partial charge in [0.1, 0.15) is 7.85 Å². The lowest BCUT2D eigenvalue weighted by Gasteiger charge is -2.06. The predicted molar refractivity (Wildman–Crippen MR) is 55.4 cm³/mol. The average Bonchev–Trinajstić information content (AvgIpc) is 2.10. The van der Waals surface area contributed by atoms with Gasteiger partial charge in [0.2, 0.25) is 0 Å². The highest BCUT2D eigenvalue weighted by Crippen LogP contribution is 2.16. The molecule has 0 spiro atoms. The van der Waals surface area contributed by atoms with Crippen LogP contribution in [-0.4, -0.2) is 20.9 Å². The van der Waals surface area contributed by atoms with E-state index in [0.29, 0.717) is 16.3 Å². The highest BCUT2D eigenvalue weighted by atomic mass is 35.5. The van der Waals surface area contributed by atoms with Gasteiger partial charge in [-0.2, -0.15) is 0 Å². The van der Waals surface area contributed by atoms with Crippen LogP contribution >= 0.6 is 11.6 Å². The highest BCUT2D eigenvalue weighted by molar-refractivity contribution is 6.45. The van der Waals surface area contributed by atoms with Crippen molar-refractivity contribution in [2.45, 2.75) is 0 Å². The van der Waals surface area contributed by atoms with E-state index in [0.717, 1.165) is 5.46 Å². The maximum Gasteiger partial charge on any atom is 0.339 e. The number of hydrogen-bond donors (Lipinski definition) is 1. The second-order valence-corrected chi connectivity index (χ2v) is 3.09. The number of nitrogen functional groups attached to an aromatic ring is 1. The number of nitrogens with two attached hydrogens (primary N) is 1. The molecule has 0 aliphatic carbocycles. The largest absolute Gasteiger partial charge is 0.465 e.